The lowest BCUT2D eigenvalue weighted by atomic mass is 9.94. The Morgan fingerprint density at radius 3 is 1.55 bits per heavy atom. The summed E-state index contributed by atoms with van der Waals surface area (Å²) in [5.41, 5.74) is 5.26. The second kappa shape index (κ2) is 10.6. The van der Waals surface area contributed by atoms with Crippen LogP contribution in [-0.4, -0.2) is 19.1 Å². The van der Waals surface area contributed by atoms with Crippen LogP contribution in [0.2, 0.25) is 0 Å². The van der Waals surface area contributed by atoms with Crippen molar-refractivity contribution in [3.63, 3.8) is 0 Å². The number of rotatable bonds is 9. The zero-order valence-corrected chi connectivity index (χ0v) is 22.7. The standard InChI is InChI=1S/C30H26O6P2/c1-31-23-11-4-3-10-22(23)29-24(32-2)12-5-17-30(29,37(25-13-6-18-33-25)26-14-7-19-34-26)38(27-15-8-20-35-27)28-16-9-21-36-28/h3-16,18-21H,17H2,1-2H3. The molecular weight excluding hydrogens is 518 g/mol. The first-order valence-electron chi connectivity index (χ1n) is 12.1. The Balaban J connectivity index is 1.77. The summed E-state index contributed by atoms with van der Waals surface area (Å²) < 4.78 is 36.8. The van der Waals surface area contributed by atoms with E-state index in [0.717, 1.165) is 44.7 Å². The van der Waals surface area contributed by atoms with Gasteiger partial charge in [0.2, 0.25) is 0 Å². The summed E-state index contributed by atoms with van der Waals surface area (Å²) >= 11 is 0. The molecule has 0 saturated heterocycles. The molecule has 0 fully saturated rings. The molecule has 5 aromatic rings. The van der Waals surface area contributed by atoms with Gasteiger partial charge in [-0.1, -0.05) is 24.3 Å². The van der Waals surface area contributed by atoms with Gasteiger partial charge in [-0.15, -0.1) is 0 Å². The van der Waals surface area contributed by atoms with E-state index in [1.807, 2.05) is 72.8 Å². The fourth-order valence-corrected chi connectivity index (χ4v) is 12.1. The van der Waals surface area contributed by atoms with E-state index in [0.29, 0.717) is 6.42 Å². The SMILES string of the molecule is COC1=C(c2ccccc2OC)C(P(c2ccco2)c2ccco2)(P(c2ccco2)c2ccco2)CC=C1. The third-order valence-corrected chi connectivity index (χ3v) is 12.8. The van der Waals surface area contributed by atoms with Crippen molar-refractivity contribution in [3.05, 3.63) is 121 Å². The molecule has 0 spiro atoms. The summed E-state index contributed by atoms with van der Waals surface area (Å²) in [6.45, 7) is 0. The third kappa shape index (κ3) is 4.05. The Morgan fingerprint density at radius 1 is 0.632 bits per heavy atom. The molecule has 0 N–H and O–H groups in total. The van der Waals surface area contributed by atoms with Crippen LogP contribution in [0.25, 0.3) is 5.57 Å². The van der Waals surface area contributed by atoms with Gasteiger partial charge in [-0.2, -0.15) is 0 Å². The van der Waals surface area contributed by atoms with Crippen LogP contribution >= 0.6 is 15.8 Å². The van der Waals surface area contributed by atoms with Crippen molar-refractivity contribution < 1.29 is 27.1 Å². The summed E-state index contributed by atoms with van der Waals surface area (Å²) in [5, 5.41) is 0. The van der Waals surface area contributed by atoms with Gasteiger partial charge in [-0.25, -0.2) is 0 Å². The molecule has 0 atom stereocenters. The van der Waals surface area contributed by atoms with Crippen LogP contribution in [0.5, 0.6) is 5.75 Å². The van der Waals surface area contributed by atoms with Crippen LogP contribution < -0.4 is 26.7 Å². The topological polar surface area (TPSA) is 71.0 Å². The van der Waals surface area contributed by atoms with Gasteiger partial charge in [0, 0.05) is 27.0 Å². The van der Waals surface area contributed by atoms with Crippen LogP contribution in [0, 0.1) is 0 Å². The Hall–Kier alpha value is -3.72. The molecule has 38 heavy (non-hydrogen) atoms. The van der Waals surface area contributed by atoms with Crippen LogP contribution in [0.1, 0.15) is 12.0 Å². The summed E-state index contributed by atoms with van der Waals surface area (Å²) in [5.74, 6) is 1.50. The zero-order chi connectivity index (χ0) is 26.0. The predicted octanol–water partition coefficient (Wildman–Crippen LogP) is 6.35. The molecule has 0 bridgehead atoms. The van der Waals surface area contributed by atoms with E-state index in [1.54, 1.807) is 39.3 Å². The van der Waals surface area contributed by atoms with Crippen molar-refractivity contribution in [3.8, 4) is 5.75 Å². The second-order valence-corrected chi connectivity index (χ2v) is 13.5. The van der Waals surface area contributed by atoms with Crippen LogP contribution in [0.15, 0.2) is 133 Å². The molecule has 8 heteroatoms. The number of para-hydroxylation sites is 1. The molecule has 1 aliphatic rings. The summed E-state index contributed by atoms with van der Waals surface area (Å²) in [4.78, 5) is -0.662. The highest BCUT2D eigenvalue weighted by Crippen LogP contribution is 2.73. The number of methoxy groups -OCH3 is 2. The van der Waals surface area contributed by atoms with Crippen LogP contribution in [-0.2, 0) is 4.74 Å². The smallest absolute Gasteiger partial charge is 0.134 e. The fourth-order valence-electron chi connectivity index (χ4n) is 5.12. The summed E-state index contributed by atoms with van der Waals surface area (Å²) in [7, 11) is 0.774. The summed E-state index contributed by atoms with van der Waals surface area (Å²) in [6, 6.07) is 23.8. The highest BCUT2D eigenvalue weighted by atomic mass is 31.2. The molecule has 0 radical (unpaired) electrons. The van der Waals surface area contributed by atoms with Crippen molar-refractivity contribution in [1.82, 2.24) is 0 Å². The highest BCUT2D eigenvalue weighted by Gasteiger charge is 2.57. The molecular formula is C30H26O6P2. The maximum absolute atomic E-state index is 6.19. The van der Waals surface area contributed by atoms with Crippen molar-refractivity contribution in [2.75, 3.05) is 14.2 Å². The molecule has 0 aliphatic heterocycles. The van der Waals surface area contributed by atoms with Crippen molar-refractivity contribution >= 4 is 43.4 Å². The molecule has 6 rings (SSSR count). The van der Waals surface area contributed by atoms with Gasteiger partial charge in [0.25, 0.3) is 0 Å². The Labute approximate surface area is 223 Å². The molecule has 0 amide bonds. The van der Waals surface area contributed by atoms with E-state index < -0.39 is 20.7 Å². The number of benzene rings is 1. The number of hydrogen-bond acceptors (Lipinski definition) is 6. The molecule has 1 aromatic carbocycles. The average Bonchev–Trinajstić information content (AvgIpc) is 3.78. The van der Waals surface area contributed by atoms with Gasteiger partial charge >= 0.3 is 0 Å². The van der Waals surface area contributed by atoms with Crippen molar-refractivity contribution in [2.45, 2.75) is 11.3 Å². The first-order chi connectivity index (χ1) is 18.8. The number of hydrogen-bond donors (Lipinski definition) is 0. The lowest BCUT2D eigenvalue weighted by molar-refractivity contribution is 0.306. The number of allylic oxidation sites excluding steroid dienone is 3. The van der Waals surface area contributed by atoms with Crippen LogP contribution in [0.4, 0.5) is 0 Å². The lowest BCUT2D eigenvalue weighted by Gasteiger charge is -2.46. The minimum Gasteiger partial charge on any atom is -0.496 e. The maximum Gasteiger partial charge on any atom is 0.134 e. The number of ether oxygens (including phenoxy) is 2. The number of furan rings is 4. The Bertz CT molecular complexity index is 1370. The van der Waals surface area contributed by atoms with E-state index in [1.165, 1.54) is 0 Å². The maximum atomic E-state index is 6.19. The zero-order valence-electron chi connectivity index (χ0n) is 20.9. The van der Waals surface area contributed by atoms with Gasteiger partial charge in [0.15, 0.2) is 0 Å². The van der Waals surface area contributed by atoms with Gasteiger partial charge in [0.05, 0.1) is 44.2 Å². The van der Waals surface area contributed by atoms with E-state index in [4.69, 9.17) is 27.1 Å². The molecule has 4 aromatic heterocycles. The predicted molar refractivity (Wildman–Crippen MR) is 151 cm³/mol. The van der Waals surface area contributed by atoms with E-state index in [2.05, 4.69) is 12.1 Å². The van der Waals surface area contributed by atoms with E-state index in [-0.39, 0.29) is 0 Å². The monoisotopic (exact) mass is 544 g/mol. The molecule has 6 nitrogen and oxygen atoms in total. The van der Waals surface area contributed by atoms with E-state index >= 15 is 0 Å². The largest absolute Gasteiger partial charge is 0.496 e. The first kappa shape index (κ1) is 24.6. The fraction of sp³-hybridized carbons (Fsp3) is 0.133. The van der Waals surface area contributed by atoms with Crippen molar-refractivity contribution in [1.29, 1.82) is 0 Å². The third-order valence-electron chi connectivity index (χ3n) is 6.56. The van der Waals surface area contributed by atoms with Gasteiger partial charge in [-0.05, 0) is 67.1 Å². The van der Waals surface area contributed by atoms with Gasteiger partial charge in [-0.3, -0.25) is 0 Å². The van der Waals surface area contributed by atoms with E-state index in [9.17, 15) is 0 Å². The molecule has 0 unspecified atom stereocenters. The lowest BCUT2D eigenvalue weighted by Crippen LogP contribution is -2.40. The molecule has 4 heterocycles. The Kier molecular flexibility index (Phi) is 6.84. The second-order valence-electron chi connectivity index (χ2n) is 8.54. The molecule has 192 valence electrons. The average molecular weight is 544 g/mol. The quantitative estimate of drug-likeness (QED) is 0.202. The summed E-state index contributed by atoms with van der Waals surface area (Å²) in [6.07, 6.45) is 11.7. The molecule has 0 saturated carbocycles. The Morgan fingerprint density at radius 2 is 1.13 bits per heavy atom. The van der Waals surface area contributed by atoms with Crippen molar-refractivity contribution in [2.24, 2.45) is 0 Å². The highest BCUT2D eigenvalue weighted by molar-refractivity contribution is 7.91. The van der Waals surface area contributed by atoms with Crippen LogP contribution in [0.3, 0.4) is 0 Å². The minimum absolute atomic E-state index is 0.660. The first-order valence-corrected chi connectivity index (χ1v) is 14.8. The van der Waals surface area contributed by atoms with Gasteiger partial charge in [0.1, 0.15) is 33.5 Å². The molecule has 1 aliphatic carbocycles. The normalized spacial score (nSPS) is 14.9. The van der Waals surface area contributed by atoms with Gasteiger partial charge < -0.3 is 27.1 Å². The minimum atomic E-state index is -1.31.